The second-order valence-electron chi connectivity index (χ2n) is 9.81. The molecule has 0 unspecified atom stereocenters. The number of sulfone groups is 1. The number of nitrogens with one attached hydrogen (secondary N) is 1. The summed E-state index contributed by atoms with van der Waals surface area (Å²) in [5.74, 6) is -1.12. The van der Waals surface area contributed by atoms with Crippen molar-refractivity contribution >= 4 is 15.7 Å². The SMILES string of the molecule is CC(C)(F)C[C@H](N[C@@H](c1ccc(-c2ccc(S(C)(=O)=O)cc2)cc1C1(C#N)CC1)C(F)(F)F)C(N)=O. The predicted octanol–water partition coefficient (Wildman–Crippen LogP) is 4.50. The standard InChI is InChI=1S/C25H27F4N3O3S/c1-23(2,26)13-20(22(31)33)32-21(25(27,28)29)18-9-6-16(12-19(18)24(14-30)10-11-24)15-4-7-17(8-5-15)36(3,34)35/h4-9,12,20-21,32H,10-11,13H2,1-3H3,(H2,31,33)/t20-,21-/m0/s1. The van der Waals surface area contributed by atoms with Crippen molar-refractivity contribution in [3.8, 4) is 17.2 Å². The molecule has 194 valence electrons. The Kier molecular flexibility index (Phi) is 7.27. The molecule has 2 aromatic rings. The van der Waals surface area contributed by atoms with E-state index in [-0.39, 0.29) is 16.0 Å². The zero-order valence-corrected chi connectivity index (χ0v) is 20.8. The number of benzene rings is 2. The second kappa shape index (κ2) is 9.48. The molecule has 0 radical (unpaired) electrons. The average Bonchev–Trinajstić information content (AvgIpc) is 3.55. The number of carbonyl (C=O) groups excluding carboxylic acids is 1. The molecule has 3 rings (SSSR count). The summed E-state index contributed by atoms with van der Waals surface area (Å²) in [7, 11) is -3.43. The number of amides is 1. The highest BCUT2D eigenvalue weighted by Crippen LogP contribution is 2.52. The van der Waals surface area contributed by atoms with Gasteiger partial charge in [0.1, 0.15) is 11.7 Å². The van der Waals surface area contributed by atoms with Gasteiger partial charge in [0.2, 0.25) is 5.91 Å². The van der Waals surface area contributed by atoms with Crippen LogP contribution in [0.1, 0.15) is 50.3 Å². The van der Waals surface area contributed by atoms with Crippen LogP contribution in [0.15, 0.2) is 47.4 Å². The fourth-order valence-corrected chi connectivity index (χ4v) is 4.78. The first kappa shape index (κ1) is 27.6. The predicted molar refractivity (Wildman–Crippen MR) is 126 cm³/mol. The van der Waals surface area contributed by atoms with E-state index in [0.717, 1.165) is 20.1 Å². The van der Waals surface area contributed by atoms with Crippen LogP contribution in [0.5, 0.6) is 0 Å². The largest absolute Gasteiger partial charge is 0.407 e. The van der Waals surface area contributed by atoms with E-state index in [1.807, 2.05) is 0 Å². The Bertz CT molecular complexity index is 1290. The van der Waals surface area contributed by atoms with Crippen LogP contribution < -0.4 is 11.1 Å². The van der Waals surface area contributed by atoms with Crippen molar-refractivity contribution in [3.05, 3.63) is 53.6 Å². The molecule has 1 aliphatic carbocycles. The van der Waals surface area contributed by atoms with Crippen LogP contribution in [-0.4, -0.2) is 38.5 Å². The number of carbonyl (C=O) groups is 1. The summed E-state index contributed by atoms with van der Waals surface area (Å²) in [5, 5.41) is 12.0. The van der Waals surface area contributed by atoms with Crippen molar-refractivity contribution in [2.45, 2.75) is 67.3 Å². The molecule has 0 aromatic heterocycles. The Morgan fingerprint density at radius 1 is 1.11 bits per heavy atom. The third-order valence-electron chi connectivity index (χ3n) is 6.19. The first-order chi connectivity index (χ1) is 16.5. The lowest BCUT2D eigenvalue weighted by Crippen LogP contribution is -2.49. The lowest BCUT2D eigenvalue weighted by molar-refractivity contribution is -0.161. The van der Waals surface area contributed by atoms with Crippen molar-refractivity contribution in [1.82, 2.24) is 5.32 Å². The fraction of sp³-hybridized carbons (Fsp3) is 0.440. The molecule has 0 spiro atoms. The van der Waals surface area contributed by atoms with Gasteiger partial charge in [-0.3, -0.25) is 10.1 Å². The van der Waals surface area contributed by atoms with Gasteiger partial charge in [-0.05, 0) is 67.1 Å². The Morgan fingerprint density at radius 3 is 2.08 bits per heavy atom. The summed E-state index contributed by atoms with van der Waals surface area (Å²) in [6.07, 6.45) is -3.68. The molecule has 0 saturated heterocycles. The Balaban J connectivity index is 2.11. The number of nitriles is 1. The molecule has 0 bridgehead atoms. The molecule has 3 N–H and O–H groups in total. The highest BCUT2D eigenvalue weighted by molar-refractivity contribution is 7.90. The number of rotatable bonds is 9. The van der Waals surface area contributed by atoms with Gasteiger partial charge in [0.25, 0.3) is 0 Å². The number of primary amides is 1. The highest BCUT2D eigenvalue weighted by atomic mass is 32.2. The van der Waals surface area contributed by atoms with Gasteiger partial charge in [-0.2, -0.15) is 18.4 Å². The fourth-order valence-electron chi connectivity index (χ4n) is 4.15. The van der Waals surface area contributed by atoms with E-state index in [9.17, 15) is 36.0 Å². The van der Waals surface area contributed by atoms with E-state index in [1.165, 1.54) is 42.5 Å². The zero-order chi connectivity index (χ0) is 27.1. The topological polar surface area (TPSA) is 113 Å². The zero-order valence-electron chi connectivity index (χ0n) is 20.0. The van der Waals surface area contributed by atoms with Crippen molar-refractivity contribution in [3.63, 3.8) is 0 Å². The smallest absolute Gasteiger partial charge is 0.368 e. The van der Waals surface area contributed by atoms with E-state index >= 15 is 0 Å². The summed E-state index contributed by atoms with van der Waals surface area (Å²) >= 11 is 0. The number of alkyl halides is 4. The van der Waals surface area contributed by atoms with Crippen LogP contribution >= 0.6 is 0 Å². The van der Waals surface area contributed by atoms with Gasteiger partial charge in [0, 0.05) is 12.7 Å². The molecule has 6 nitrogen and oxygen atoms in total. The molecule has 2 atom stereocenters. The van der Waals surface area contributed by atoms with Gasteiger partial charge in [0.15, 0.2) is 9.84 Å². The average molecular weight is 526 g/mol. The van der Waals surface area contributed by atoms with E-state index in [2.05, 4.69) is 11.4 Å². The molecule has 2 aromatic carbocycles. The minimum absolute atomic E-state index is 0.0911. The van der Waals surface area contributed by atoms with Crippen molar-refractivity contribution in [2.24, 2.45) is 5.73 Å². The number of hydrogen-bond acceptors (Lipinski definition) is 5. The first-order valence-electron chi connectivity index (χ1n) is 11.1. The van der Waals surface area contributed by atoms with Crippen molar-refractivity contribution in [2.75, 3.05) is 6.26 Å². The molecular weight excluding hydrogens is 498 g/mol. The monoisotopic (exact) mass is 525 g/mol. The van der Waals surface area contributed by atoms with Gasteiger partial charge < -0.3 is 5.73 Å². The molecule has 1 amide bonds. The molecular formula is C25H27F4N3O3S. The van der Waals surface area contributed by atoms with Crippen molar-refractivity contribution in [1.29, 1.82) is 5.26 Å². The maximum Gasteiger partial charge on any atom is 0.407 e. The minimum Gasteiger partial charge on any atom is -0.368 e. The number of halogens is 4. The van der Waals surface area contributed by atoms with Crippen LogP contribution in [0.4, 0.5) is 17.6 Å². The summed E-state index contributed by atoms with van der Waals surface area (Å²) in [4.78, 5) is 12.0. The number of nitrogens with two attached hydrogens (primary N) is 1. The lowest BCUT2D eigenvalue weighted by Gasteiger charge is -2.31. The van der Waals surface area contributed by atoms with E-state index in [1.54, 1.807) is 0 Å². The maximum absolute atomic E-state index is 14.3. The van der Waals surface area contributed by atoms with Gasteiger partial charge in [-0.1, -0.05) is 24.3 Å². The third-order valence-corrected chi connectivity index (χ3v) is 7.32. The highest BCUT2D eigenvalue weighted by Gasteiger charge is 2.51. The molecule has 36 heavy (non-hydrogen) atoms. The Hall–Kier alpha value is -2.97. The molecule has 1 fully saturated rings. The summed E-state index contributed by atoms with van der Waals surface area (Å²) in [6, 6.07) is 8.14. The molecule has 0 heterocycles. The quantitative estimate of drug-likeness (QED) is 0.468. The summed E-state index contributed by atoms with van der Waals surface area (Å²) in [6.45, 7) is 2.27. The van der Waals surface area contributed by atoms with Gasteiger partial charge in [0.05, 0.1) is 22.4 Å². The van der Waals surface area contributed by atoms with E-state index in [4.69, 9.17) is 5.73 Å². The Labute approximate surface area is 207 Å². The van der Waals surface area contributed by atoms with E-state index in [0.29, 0.717) is 24.0 Å². The molecule has 1 saturated carbocycles. The normalized spacial score (nSPS) is 17.2. The first-order valence-corrected chi connectivity index (χ1v) is 13.0. The van der Waals surface area contributed by atoms with Crippen molar-refractivity contribution < 1.29 is 30.8 Å². The third kappa shape index (κ3) is 6.23. The van der Waals surface area contributed by atoms with Crippen LogP contribution in [0.2, 0.25) is 0 Å². The second-order valence-corrected chi connectivity index (χ2v) is 11.8. The number of nitrogens with zero attached hydrogens (tertiary/aromatic N) is 1. The summed E-state index contributed by atoms with van der Waals surface area (Å²) in [5.41, 5.74) is 3.13. The van der Waals surface area contributed by atoms with E-state index < -0.39 is 51.5 Å². The lowest BCUT2D eigenvalue weighted by atomic mass is 9.85. The van der Waals surface area contributed by atoms with Gasteiger partial charge >= 0.3 is 6.18 Å². The number of hydrogen-bond donors (Lipinski definition) is 2. The van der Waals surface area contributed by atoms with Crippen LogP contribution in [0.25, 0.3) is 11.1 Å². The van der Waals surface area contributed by atoms with Gasteiger partial charge in [-0.25, -0.2) is 12.8 Å². The molecule has 1 aliphatic rings. The maximum atomic E-state index is 14.3. The summed E-state index contributed by atoms with van der Waals surface area (Å²) < 4.78 is 80.6. The Morgan fingerprint density at radius 2 is 1.67 bits per heavy atom. The molecule has 0 aliphatic heterocycles. The molecule has 11 heteroatoms. The van der Waals surface area contributed by atoms with Crippen LogP contribution in [0.3, 0.4) is 0 Å². The van der Waals surface area contributed by atoms with Crippen LogP contribution in [-0.2, 0) is 20.0 Å². The minimum atomic E-state index is -4.88. The van der Waals surface area contributed by atoms with Gasteiger partial charge in [-0.15, -0.1) is 0 Å². The van der Waals surface area contributed by atoms with Crippen LogP contribution in [0, 0.1) is 11.3 Å².